The van der Waals surface area contributed by atoms with Crippen LogP contribution in [0.3, 0.4) is 0 Å². The van der Waals surface area contributed by atoms with Gasteiger partial charge in [0.1, 0.15) is 0 Å². The highest BCUT2D eigenvalue weighted by Crippen LogP contribution is 1.99. The quantitative estimate of drug-likeness (QED) is 0.659. The summed E-state index contributed by atoms with van der Waals surface area (Å²) in [6.45, 7) is 1.25. The number of hydrogen-bond acceptors (Lipinski definition) is 1. The summed E-state index contributed by atoms with van der Waals surface area (Å²) in [5.41, 5.74) is 0. The van der Waals surface area contributed by atoms with Crippen molar-refractivity contribution < 1.29 is 13.6 Å². The van der Waals surface area contributed by atoms with Gasteiger partial charge in [-0.05, 0) is 6.92 Å². The van der Waals surface area contributed by atoms with E-state index in [2.05, 4.69) is 5.32 Å². The maximum atomic E-state index is 11.8. The van der Waals surface area contributed by atoms with Crippen LogP contribution >= 0.6 is 11.6 Å². The van der Waals surface area contributed by atoms with Crippen LogP contribution in [0.5, 0.6) is 0 Å². The number of carbonyl (C=O) groups excluding carboxylic acids is 1. The molecule has 0 aliphatic rings. The van der Waals surface area contributed by atoms with Crippen LogP contribution in [-0.4, -0.2) is 24.3 Å². The molecule has 1 N–H and O–H groups in total. The van der Waals surface area contributed by atoms with Gasteiger partial charge in [0.15, 0.2) is 0 Å². The minimum absolute atomic E-state index is 0.0820. The number of amides is 1. The van der Waals surface area contributed by atoms with Crippen molar-refractivity contribution in [3.8, 4) is 0 Å². The molecule has 0 aromatic heterocycles. The van der Waals surface area contributed by atoms with Gasteiger partial charge in [0.2, 0.25) is 5.91 Å². The lowest BCUT2D eigenvalue weighted by atomic mass is 10.3. The highest BCUT2D eigenvalue weighted by atomic mass is 35.5. The first kappa shape index (κ1) is 10.6. The van der Waals surface area contributed by atoms with Crippen LogP contribution in [-0.2, 0) is 4.79 Å². The van der Waals surface area contributed by atoms with E-state index in [1.54, 1.807) is 0 Å². The van der Waals surface area contributed by atoms with Crippen LogP contribution < -0.4 is 5.32 Å². The van der Waals surface area contributed by atoms with Gasteiger partial charge >= 0.3 is 0 Å². The maximum Gasteiger partial charge on any atom is 0.258 e. The predicted molar refractivity (Wildman–Crippen MR) is 38.9 cm³/mol. The van der Waals surface area contributed by atoms with Crippen molar-refractivity contribution in [3.05, 3.63) is 0 Å². The van der Waals surface area contributed by atoms with Crippen molar-refractivity contribution in [3.63, 3.8) is 0 Å². The Morgan fingerprint density at radius 1 is 1.64 bits per heavy atom. The van der Waals surface area contributed by atoms with Gasteiger partial charge in [-0.2, -0.15) is 0 Å². The van der Waals surface area contributed by atoms with Gasteiger partial charge < -0.3 is 5.32 Å². The van der Waals surface area contributed by atoms with E-state index in [-0.39, 0.29) is 12.3 Å². The number of carbonyl (C=O) groups is 1. The second-order valence-corrected chi connectivity index (χ2v) is 2.51. The Labute approximate surface area is 68.9 Å². The van der Waals surface area contributed by atoms with Gasteiger partial charge in [-0.25, -0.2) is 8.78 Å². The smallest absolute Gasteiger partial charge is 0.258 e. The molecule has 0 fully saturated rings. The van der Waals surface area contributed by atoms with E-state index in [4.69, 9.17) is 11.6 Å². The number of nitrogens with one attached hydrogen (secondary N) is 1. The first-order valence-corrected chi connectivity index (χ1v) is 3.75. The van der Waals surface area contributed by atoms with Gasteiger partial charge in [-0.1, -0.05) is 0 Å². The molecule has 0 spiro atoms. The third kappa shape index (κ3) is 4.95. The van der Waals surface area contributed by atoms with E-state index in [0.717, 1.165) is 0 Å². The molecule has 1 unspecified atom stereocenters. The number of hydrogen-bond donors (Lipinski definition) is 1. The molecular weight excluding hydrogens is 176 g/mol. The van der Waals surface area contributed by atoms with Crippen LogP contribution in [0.4, 0.5) is 8.78 Å². The van der Waals surface area contributed by atoms with E-state index < -0.39 is 18.4 Å². The first-order valence-electron chi connectivity index (χ1n) is 3.21. The zero-order valence-corrected chi connectivity index (χ0v) is 6.87. The average Bonchev–Trinajstić information content (AvgIpc) is 1.87. The molecule has 1 atom stereocenters. The van der Waals surface area contributed by atoms with Crippen molar-refractivity contribution in [1.29, 1.82) is 0 Å². The molecule has 0 aromatic rings. The van der Waals surface area contributed by atoms with Gasteiger partial charge in [-0.3, -0.25) is 4.79 Å². The molecule has 0 heterocycles. The summed E-state index contributed by atoms with van der Waals surface area (Å²) in [6.07, 6.45) is -2.44. The molecule has 0 aliphatic heterocycles. The Morgan fingerprint density at radius 3 is 2.55 bits per heavy atom. The third-order valence-electron chi connectivity index (χ3n) is 1.09. The fourth-order valence-electron chi connectivity index (χ4n) is 0.475. The normalized spacial score (nSPS) is 13.2. The highest BCUT2D eigenvalue weighted by molar-refractivity contribution is 6.18. The lowest BCUT2D eigenvalue weighted by molar-refractivity contribution is -0.122. The van der Waals surface area contributed by atoms with Crippen molar-refractivity contribution >= 4 is 17.5 Å². The lowest BCUT2D eigenvalue weighted by Gasteiger charge is -2.11. The second-order valence-electron chi connectivity index (χ2n) is 2.13. The largest absolute Gasteiger partial charge is 0.348 e. The molecule has 11 heavy (non-hydrogen) atoms. The molecule has 0 aromatic carbocycles. The molecule has 0 radical (unpaired) electrons. The first-order chi connectivity index (χ1) is 5.07. The fraction of sp³-hybridized carbons (Fsp3) is 0.833. The fourth-order valence-corrected chi connectivity index (χ4v) is 0.647. The number of rotatable bonds is 4. The van der Waals surface area contributed by atoms with Crippen molar-refractivity contribution in [2.45, 2.75) is 25.8 Å². The Kier molecular flexibility index (Phi) is 5.11. The molecule has 0 rings (SSSR count). The maximum absolute atomic E-state index is 11.8. The molecule has 0 saturated carbocycles. The molecule has 66 valence electrons. The summed E-state index contributed by atoms with van der Waals surface area (Å²) in [5, 5.41) is 2.11. The summed E-state index contributed by atoms with van der Waals surface area (Å²) in [4.78, 5) is 10.6. The van der Waals surface area contributed by atoms with E-state index in [9.17, 15) is 13.6 Å². The standard InChI is InChI=1S/C6H10ClF2NO/c1-4(6(8)9)10-5(11)2-3-7/h4,6H,2-3H2,1H3,(H,10,11). The van der Waals surface area contributed by atoms with Crippen LogP contribution in [0, 0.1) is 0 Å². The lowest BCUT2D eigenvalue weighted by Crippen LogP contribution is -2.37. The van der Waals surface area contributed by atoms with Crippen molar-refractivity contribution in [2.24, 2.45) is 0 Å². The van der Waals surface area contributed by atoms with Crippen LogP contribution in [0.15, 0.2) is 0 Å². The van der Waals surface area contributed by atoms with E-state index in [1.807, 2.05) is 0 Å². The van der Waals surface area contributed by atoms with E-state index in [1.165, 1.54) is 6.92 Å². The highest BCUT2D eigenvalue weighted by Gasteiger charge is 2.15. The predicted octanol–water partition coefficient (Wildman–Crippen LogP) is 1.39. The molecule has 0 aliphatic carbocycles. The zero-order chi connectivity index (χ0) is 8.85. The summed E-state index contributed by atoms with van der Waals surface area (Å²) < 4.78 is 23.6. The van der Waals surface area contributed by atoms with Gasteiger partial charge in [0.05, 0.1) is 6.04 Å². The van der Waals surface area contributed by atoms with Crippen LogP contribution in [0.2, 0.25) is 0 Å². The number of alkyl halides is 3. The van der Waals surface area contributed by atoms with E-state index in [0.29, 0.717) is 0 Å². The zero-order valence-electron chi connectivity index (χ0n) is 6.11. The van der Waals surface area contributed by atoms with Gasteiger partial charge in [-0.15, -0.1) is 11.6 Å². The van der Waals surface area contributed by atoms with Crippen molar-refractivity contribution in [1.82, 2.24) is 5.32 Å². The molecule has 0 saturated heterocycles. The van der Waals surface area contributed by atoms with Crippen LogP contribution in [0.1, 0.15) is 13.3 Å². The molecular formula is C6H10ClF2NO. The summed E-state index contributed by atoms with van der Waals surface area (Å²) >= 11 is 5.21. The molecule has 5 heteroatoms. The van der Waals surface area contributed by atoms with Crippen molar-refractivity contribution in [2.75, 3.05) is 5.88 Å². The number of halogens is 3. The Bertz CT molecular complexity index is 132. The van der Waals surface area contributed by atoms with Gasteiger partial charge in [0, 0.05) is 12.3 Å². The molecule has 1 amide bonds. The molecule has 0 bridgehead atoms. The average molecular weight is 186 g/mol. The molecule has 2 nitrogen and oxygen atoms in total. The topological polar surface area (TPSA) is 29.1 Å². The summed E-state index contributed by atoms with van der Waals surface area (Å²) in [7, 11) is 0. The minimum atomic E-state index is -2.52. The third-order valence-corrected chi connectivity index (χ3v) is 1.28. The second kappa shape index (κ2) is 5.29. The Balaban J connectivity index is 3.57. The summed E-state index contributed by atoms with van der Waals surface area (Å²) in [5.74, 6) is -0.283. The Morgan fingerprint density at radius 2 is 2.18 bits per heavy atom. The summed E-state index contributed by atoms with van der Waals surface area (Å²) in [6, 6.07) is -1.09. The van der Waals surface area contributed by atoms with Gasteiger partial charge in [0.25, 0.3) is 6.43 Å². The SMILES string of the molecule is CC(NC(=O)CCCl)C(F)F. The monoisotopic (exact) mass is 185 g/mol. The van der Waals surface area contributed by atoms with E-state index >= 15 is 0 Å². The Hall–Kier alpha value is -0.380. The van der Waals surface area contributed by atoms with Crippen LogP contribution in [0.25, 0.3) is 0 Å². The minimum Gasteiger partial charge on any atom is -0.348 e.